The van der Waals surface area contributed by atoms with Gasteiger partial charge in [0, 0.05) is 18.3 Å². The molecular formula is C23H33NO2. The van der Waals surface area contributed by atoms with Gasteiger partial charge in [0.05, 0.1) is 6.61 Å². The van der Waals surface area contributed by atoms with Crippen molar-refractivity contribution in [2.24, 2.45) is 5.92 Å². The van der Waals surface area contributed by atoms with Crippen molar-refractivity contribution in [3.8, 4) is 11.5 Å². The molecule has 0 aliphatic rings. The second-order valence-corrected chi connectivity index (χ2v) is 7.77. The van der Waals surface area contributed by atoms with Gasteiger partial charge in [0.1, 0.15) is 18.1 Å². The van der Waals surface area contributed by atoms with Crippen molar-refractivity contribution in [2.45, 2.75) is 46.5 Å². The quantitative estimate of drug-likeness (QED) is 0.538. The molecule has 2 rings (SSSR count). The normalized spacial score (nSPS) is 11.5. The highest BCUT2D eigenvalue weighted by Gasteiger charge is 2.17. The molecule has 0 spiro atoms. The molecule has 2 aromatic rings. The number of nitrogens with one attached hydrogen (secondary N) is 1. The van der Waals surface area contributed by atoms with E-state index in [9.17, 15) is 0 Å². The fourth-order valence-corrected chi connectivity index (χ4v) is 2.53. The fraction of sp³-hybridized carbons (Fsp3) is 0.478. The van der Waals surface area contributed by atoms with Crippen molar-refractivity contribution in [3.05, 3.63) is 54.1 Å². The molecule has 0 fully saturated rings. The number of anilines is 1. The van der Waals surface area contributed by atoms with Crippen molar-refractivity contribution in [2.75, 3.05) is 25.1 Å². The Bertz CT molecular complexity index is 662. The summed E-state index contributed by atoms with van der Waals surface area (Å²) in [6.07, 6.45) is 1.12. The van der Waals surface area contributed by atoms with Gasteiger partial charge in [-0.25, -0.2) is 0 Å². The van der Waals surface area contributed by atoms with E-state index in [1.54, 1.807) is 0 Å². The first-order valence-electron chi connectivity index (χ1n) is 9.61. The van der Waals surface area contributed by atoms with Crippen LogP contribution in [0, 0.1) is 5.92 Å². The van der Waals surface area contributed by atoms with E-state index in [1.165, 1.54) is 5.56 Å². The first kappa shape index (κ1) is 20.2. The smallest absolute Gasteiger partial charge is 0.121 e. The summed E-state index contributed by atoms with van der Waals surface area (Å²) in [7, 11) is 0. The van der Waals surface area contributed by atoms with Crippen molar-refractivity contribution in [3.63, 3.8) is 0 Å². The lowest BCUT2D eigenvalue weighted by Crippen LogP contribution is -2.15. The molecule has 0 atom stereocenters. The van der Waals surface area contributed by atoms with Gasteiger partial charge >= 0.3 is 0 Å². The molecule has 3 nitrogen and oxygen atoms in total. The monoisotopic (exact) mass is 355 g/mol. The Kier molecular flexibility index (Phi) is 7.38. The van der Waals surface area contributed by atoms with Crippen LogP contribution in [0.5, 0.6) is 11.5 Å². The average Bonchev–Trinajstić information content (AvgIpc) is 2.64. The minimum absolute atomic E-state index is 0.211. The number of rotatable bonds is 10. The molecule has 0 aliphatic heterocycles. The largest absolute Gasteiger partial charge is 0.493 e. The average molecular weight is 356 g/mol. The maximum absolute atomic E-state index is 5.84. The SMILES string of the molecule is CCC(C)(C)c1ccc(OCCNc2cccc(OCC(C)C)c2)cc1. The van der Waals surface area contributed by atoms with Gasteiger partial charge in [0.2, 0.25) is 0 Å². The molecule has 0 saturated heterocycles. The summed E-state index contributed by atoms with van der Waals surface area (Å²) < 4.78 is 11.6. The van der Waals surface area contributed by atoms with Gasteiger partial charge in [-0.05, 0) is 47.6 Å². The van der Waals surface area contributed by atoms with Crippen LogP contribution in [0.15, 0.2) is 48.5 Å². The van der Waals surface area contributed by atoms with Crippen LogP contribution < -0.4 is 14.8 Å². The second kappa shape index (κ2) is 9.51. The van der Waals surface area contributed by atoms with Crippen LogP contribution in [-0.2, 0) is 5.41 Å². The summed E-state index contributed by atoms with van der Waals surface area (Å²) >= 11 is 0. The second-order valence-electron chi connectivity index (χ2n) is 7.77. The van der Waals surface area contributed by atoms with Crippen molar-refractivity contribution < 1.29 is 9.47 Å². The molecule has 0 saturated carbocycles. The van der Waals surface area contributed by atoms with Gasteiger partial charge in [0.25, 0.3) is 0 Å². The number of benzene rings is 2. The third kappa shape index (κ3) is 6.29. The Labute approximate surface area is 158 Å². The summed E-state index contributed by atoms with van der Waals surface area (Å²) in [5, 5.41) is 3.38. The van der Waals surface area contributed by atoms with E-state index >= 15 is 0 Å². The predicted octanol–water partition coefficient (Wildman–Crippen LogP) is 5.90. The van der Waals surface area contributed by atoms with Crippen molar-refractivity contribution >= 4 is 5.69 Å². The Morgan fingerprint density at radius 2 is 1.69 bits per heavy atom. The van der Waals surface area contributed by atoms with Crippen molar-refractivity contribution in [1.29, 1.82) is 0 Å². The first-order valence-corrected chi connectivity index (χ1v) is 9.61. The Morgan fingerprint density at radius 3 is 2.35 bits per heavy atom. The highest BCUT2D eigenvalue weighted by atomic mass is 16.5. The molecule has 0 amide bonds. The maximum Gasteiger partial charge on any atom is 0.121 e. The molecule has 142 valence electrons. The highest BCUT2D eigenvalue weighted by molar-refractivity contribution is 5.48. The zero-order chi connectivity index (χ0) is 19.0. The minimum Gasteiger partial charge on any atom is -0.493 e. The van der Waals surface area contributed by atoms with Crippen LogP contribution in [0.3, 0.4) is 0 Å². The number of hydrogen-bond acceptors (Lipinski definition) is 3. The molecule has 0 bridgehead atoms. The van der Waals surface area contributed by atoms with E-state index in [0.29, 0.717) is 12.5 Å². The molecular weight excluding hydrogens is 322 g/mol. The highest BCUT2D eigenvalue weighted by Crippen LogP contribution is 2.28. The molecule has 0 unspecified atom stereocenters. The van der Waals surface area contributed by atoms with Crippen LogP contribution in [0.4, 0.5) is 5.69 Å². The summed E-state index contributed by atoms with van der Waals surface area (Å²) in [6, 6.07) is 16.5. The molecule has 1 N–H and O–H groups in total. The molecule has 0 aromatic heterocycles. The lowest BCUT2D eigenvalue weighted by molar-refractivity contribution is 0.271. The molecule has 3 heteroatoms. The third-order valence-electron chi connectivity index (χ3n) is 4.64. The summed E-state index contributed by atoms with van der Waals surface area (Å²) in [5.74, 6) is 2.34. The van der Waals surface area contributed by atoms with Crippen LogP contribution in [0.2, 0.25) is 0 Å². The zero-order valence-corrected chi connectivity index (χ0v) is 16.8. The first-order chi connectivity index (χ1) is 12.4. The van der Waals surface area contributed by atoms with Crippen LogP contribution in [0.25, 0.3) is 0 Å². The van der Waals surface area contributed by atoms with Crippen LogP contribution in [0.1, 0.15) is 46.6 Å². The molecule has 0 radical (unpaired) electrons. The van der Waals surface area contributed by atoms with Gasteiger partial charge in [-0.3, -0.25) is 0 Å². The van der Waals surface area contributed by atoms with Gasteiger partial charge in [-0.1, -0.05) is 52.8 Å². The van der Waals surface area contributed by atoms with E-state index in [1.807, 2.05) is 24.3 Å². The van der Waals surface area contributed by atoms with Crippen LogP contribution in [-0.4, -0.2) is 19.8 Å². The van der Waals surface area contributed by atoms with Gasteiger partial charge in [-0.15, -0.1) is 0 Å². The van der Waals surface area contributed by atoms with Crippen molar-refractivity contribution in [1.82, 2.24) is 0 Å². The Hall–Kier alpha value is -2.16. The van der Waals surface area contributed by atoms with E-state index in [-0.39, 0.29) is 5.41 Å². The van der Waals surface area contributed by atoms with Crippen LogP contribution >= 0.6 is 0 Å². The van der Waals surface area contributed by atoms with E-state index in [2.05, 4.69) is 64.2 Å². The fourth-order valence-electron chi connectivity index (χ4n) is 2.53. The Balaban J connectivity index is 1.77. The van der Waals surface area contributed by atoms with Gasteiger partial charge < -0.3 is 14.8 Å². The summed E-state index contributed by atoms with van der Waals surface area (Å²) in [4.78, 5) is 0. The summed E-state index contributed by atoms with van der Waals surface area (Å²) in [5.41, 5.74) is 2.61. The molecule has 0 heterocycles. The number of ether oxygens (including phenoxy) is 2. The maximum atomic E-state index is 5.84. The molecule has 26 heavy (non-hydrogen) atoms. The predicted molar refractivity (Wildman–Crippen MR) is 111 cm³/mol. The topological polar surface area (TPSA) is 30.5 Å². The standard InChI is InChI=1S/C23H33NO2/c1-6-23(4,5)19-10-12-21(13-11-19)25-15-14-24-20-8-7-9-22(16-20)26-17-18(2)3/h7-13,16,18,24H,6,14-15,17H2,1-5H3. The lowest BCUT2D eigenvalue weighted by atomic mass is 9.82. The molecule has 0 aliphatic carbocycles. The minimum atomic E-state index is 0.211. The van der Waals surface area contributed by atoms with Gasteiger partial charge in [0.15, 0.2) is 0 Å². The third-order valence-corrected chi connectivity index (χ3v) is 4.64. The Morgan fingerprint density at radius 1 is 0.962 bits per heavy atom. The van der Waals surface area contributed by atoms with E-state index < -0.39 is 0 Å². The molecule has 2 aromatic carbocycles. The van der Waals surface area contributed by atoms with E-state index in [4.69, 9.17) is 9.47 Å². The van der Waals surface area contributed by atoms with Gasteiger partial charge in [-0.2, -0.15) is 0 Å². The number of hydrogen-bond donors (Lipinski definition) is 1. The lowest BCUT2D eigenvalue weighted by Gasteiger charge is -2.23. The summed E-state index contributed by atoms with van der Waals surface area (Å²) in [6.45, 7) is 13.2. The zero-order valence-electron chi connectivity index (χ0n) is 16.8. The van der Waals surface area contributed by atoms with E-state index in [0.717, 1.165) is 36.8 Å².